The van der Waals surface area contributed by atoms with Gasteiger partial charge in [-0.15, -0.1) is 11.8 Å². The summed E-state index contributed by atoms with van der Waals surface area (Å²) in [6.45, 7) is 4.41. The Kier molecular flexibility index (Phi) is 6.16. The van der Waals surface area contributed by atoms with Gasteiger partial charge in [-0.05, 0) is 5.92 Å². The molecule has 0 amide bonds. The van der Waals surface area contributed by atoms with E-state index in [-0.39, 0.29) is 0 Å². The predicted molar refractivity (Wildman–Crippen MR) is 45.3 cm³/mol. The predicted octanol–water partition coefficient (Wildman–Crippen LogP) is 2.76. The van der Waals surface area contributed by atoms with Gasteiger partial charge in [0.15, 0.2) is 0 Å². The Labute approximate surface area is 61.7 Å². The van der Waals surface area contributed by atoms with Gasteiger partial charge in [-0.3, -0.25) is 0 Å². The van der Waals surface area contributed by atoms with Gasteiger partial charge in [-0.2, -0.15) is 0 Å². The Balaban J connectivity index is 3.19. The van der Waals surface area contributed by atoms with Gasteiger partial charge in [0.25, 0.3) is 0 Å². The lowest BCUT2D eigenvalue weighted by Crippen LogP contribution is -1.99. The van der Waals surface area contributed by atoms with Gasteiger partial charge < -0.3 is 5.41 Å². The number of hydrogen-bond donors (Lipinski definition) is 1. The van der Waals surface area contributed by atoms with E-state index in [1.807, 2.05) is 0 Å². The molecule has 0 unspecified atom stereocenters. The van der Waals surface area contributed by atoms with E-state index in [1.54, 1.807) is 11.8 Å². The summed E-state index contributed by atoms with van der Waals surface area (Å²) in [5.74, 6) is 1.94. The standard InChI is InChI=1S/C7H15NS/c1-3-7(4-2)5-9-6-8/h6-8H,3-5H2,1-2H3. The first-order valence-electron chi connectivity index (χ1n) is 3.45. The van der Waals surface area contributed by atoms with Gasteiger partial charge in [0.05, 0.1) is 5.55 Å². The number of rotatable bonds is 5. The van der Waals surface area contributed by atoms with E-state index in [4.69, 9.17) is 5.41 Å². The molecule has 2 heteroatoms. The summed E-state index contributed by atoms with van der Waals surface area (Å²) in [4.78, 5) is 0. The molecule has 0 aliphatic carbocycles. The van der Waals surface area contributed by atoms with Crippen molar-refractivity contribution >= 4 is 17.3 Å². The largest absolute Gasteiger partial charge is 0.302 e. The zero-order valence-corrected chi connectivity index (χ0v) is 7.00. The fourth-order valence-electron chi connectivity index (χ4n) is 0.709. The minimum absolute atomic E-state index is 0.816. The molecule has 1 N–H and O–H groups in total. The van der Waals surface area contributed by atoms with Crippen molar-refractivity contribution in [3.8, 4) is 0 Å². The van der Waals surface area contributed by atoms with Crippen LogP contribution in [-0.2, 0) is 0 Å². The van der Waals surface area contributed by atoms with Crippen LogP contribution < -0.4 is 0 Å². The van der Waals surface area contributed by atoms with Crippen molar-refractivity contribution in [1.82, 2.24) is 0 Å². The van der Waals surface area contributed by atoms with E-state index in [1.165, 1.54) is 18.4 Å². The van der Waals surface area contributed by atoms with Crippen molar-refractivity contribution in [2.24, 2.45) is 5.92 Å². The van der Waals surface area contributed by atoms with Crippen molar-refractivity contribution in [1.29, 1.82) is 5.41 Å². The third-order valence-corrected chi connectivity index (χ3v) is 2.40. The van der Waals surface area contributed by atoms with Crippen LogP contribution in [0.15, 0.2) is 0 Å². The highest BCUT2D eigenvalue weighted by atomic mass is 32.2. The summed E-state index contributed by atoms with van der Waals surface area (Å²) < 4.78 is 0. The molecule has 0 spiro atoms. The molecule has 0 saturated heterocycles. The summed E-state index contributed by atoms with van der Waals surface area (Å²) in [5, 5.41) is 6.78. The third-order valence-electron chi connectivity index (χ3n) is 1.57. The van der Waals surface area contributed by atoms with Gasteiger partial charge in [0.1, 0.15) is 0 Å². The fourth-order valence-corrected chi connectivity index (χ4v) is 1.55. The van der Waals surface area contributed by atoms with Crippen LogP contribution in [0, 0.1) is 11.3 Å². The van der Waals surface area contributed by atoms with E-state index >= 15 is 0 Å². The minimum atomic E-state index is 0.816. The Bertz CT molecular complexity index is 69.3. The highest BCUT2D eigenvalue weighted by Gasteiger charge is 2.00. The maximum absolute atomic E-state index is 6.78. The van der Waals surface area contributed by atoms with Crippen LogP contribution in [0.3, 0.4) is 0 Å². The zero-order valence-electron chi connectivity index (χ0n) is 6.18. The van der Waals surface area contributed by atoms with Crippen LogP contribution in [0.5, 0.6) is 0 Å². The lowest BCUT2D eigenvalue weighted by Gasteiger charge is -2.07. The second-order valence-electron chi connectivity index (χ2n) is 2.13. The molecule has 54 valence electrons. The molecule has 0 radical (unpaired) electrons. The van der Waals surface area contributed by atoms with E-state index in [0.29, 0.717) is 0 Å². The van der Waals surface area contributed by atoms with Crippen molar-refractivity contribution in [3.63, 3.8) is 0 Å². The molecule has 1 nitrogen and oxygen atoms in total. The van der Waals surface area contributed by atoms with Crippen molar-refractivity contribution in [2.45, 2.75) is 26.7 Å². The third kappa shape index (κ3) is 4.52. The minimum Gasteiger partial charge on any atom is -0.302 e. The molecule has 0 heterocycles. The SMILES string of the molecule is CCC(CC)CSC=N. The quantitative estimate of drug-likeness (QED) is 0.467. The van der Waals surface area contributed by atoms with Crippen LogP contribution in [0.1, 0.15) is 26.7 Å². The van der Waals surface area contributed by atoms with E-state index in [2.05, 4.69) is 13.8 Å². The first-order valence-corrected chi connectivity index (χ1v) is 4.50. The van der Waals surface area contributed by atoms with Crippen LogP contribution in [0.2, 0.25) is 0 Å². The van der Waals surface area contributed by atoms with Gasteiger partial charge >= 0.3 is 0 Å². The lowest BCUT2D eigenvalue weighted by molar-refractivity contribution is 0.554. The number of hydrogen-bond acceptors (Lipinski definition) is 2. The summed E-state index contributed by atoms with van der Waals surface area (Å²) in [7, 11) is 0. The molecule has 0 aromatic rings. The topological polar surface area (TPSA) is 23.9 Å². The Morgan fingerprint density at radius 2 is 2.00 bits per heavy atom. The highest BCUT2D eigenvalue weighted by Crippen LogP contribution is 2.12. The van der Waals surface area contributed by atoms with Crippen LogP contribution in [0.4, 0.5) is 0 Å². The smallest absolute Gasteiger partial charge is 0.0506 e. The molecule has 0 saturated carbocycles. The Morgan fingerprint density at radius 3 is 2.33 bits per heavy atom. The molecule has 0 atom stereocenters. The molecular formula is C7H15NS. The Hall–Kier alpha value is 0.0200. The number of nitrogens with one attached hydrogen (secondary N) is 1. The maximum atomic E-state index is 6.78. The van der Waals surface area contributed by atoms with Crippen LogP contribution in [-0.4, -0.2) is 11.3 Å². The normalized spacial score (nSPS) is 10.1. The average Bonchev–Trinajstić information content (AvgIpc) is 1.91. The number of thioether (sulfide) groups is 1. The van der Waals surface area contributed by atoms with Crippen molar-refractivity contribution in [3.05, 3.63) is 0 Å². The van der Waals surface area contributed by atoms with Gasteiger partial charge in [-0.1, -0.05) is 26.7 Å². The van der Waals surface area contributed by atoms with E-state index in [9.17, 15) is 0 Å². The highest BCUT2D eigenvalue weighted by molar-refractivity contribution is 8.11. The second kappa shape index (κ2) is 6.14. The maximum Gasteiger partial charge on any atom is 0.0506 e. The fraction of sp³-hybridized carbons (Fsp3) is 0.857. The van der Waals surface area contributed by atoms with Gasteiger partial charge in [0.2, 0.25) is 0 Å². The van der Waals surface area contributed by atoms with Crippen LogP contribution >= 0.6 is 11.8 Å². The summed E-state index contributed by atoms with van der Waals surface area (Å²) in [6, 6.07) is 0. The van der Waals surface area contributed by atoms with Crippen molar-refractivity contribution < 1.29 is 0 Å². The molecule has 9 heavy (non-hydrogen) atoms. The molecule has 0 aromatic carbocycles. The molecular weight excluding hydrogens is 130 g/mol. The van der Waals surface area contributed by atoms with Gasteiger partial charge in [-0.25, -0.2) is 0 Å². The van der Waals surface area contributed by atoms with Crippen molar-refractivity contribution in [2.75, 3.05) is 5.75 Å². The molecule has 0 aliphatic rings. The summed E-state index contributed by atoms with van der Waals surface area (Å²) in [6.07, 6.45) is 2.49. The summed E-state index contributed by atoms with van der Waals surface area (Å²) >= 11 is 1.61. The molecule has 0 fully saturated rings. The molecule has 0 aliphatic heterocycles. The van der Waals surface area contributed by atoms with E-state index < -0.39 is 0 Å². The first-order chi connectivity index (χ1) is 4.35. The van der Waals surface area contributed by atoms with Gasteiger partial charge in [0, 0.05) is 5.75 Å². The second-order valence-corrected chi connectivity index (χ2v) is 3.04. The monoisotopic (exact) mass is 145 g/mol. The molecule has 0 rings (SSSR count). The zero-order chi connectivity index (χ0) is 7.11. The van der Waals surface area contributed by atoms with E-state index in [0.717, 1.165) is 11.7 Å². The first kappa shape index (κ1) is 9.02. The molecule has 0 aromatic heterocycles. The molecule has 0 bridgehead atoms. The van der Waals surface area contributed by atoms with Crippen LogP contribution in [0.25, 0.3) is 0 Å². The summed E-state index contributed by atoms with van der Waals surface area (Å²) in [5.41, 5.74) is 1.43. The average molecular weight is 145 g/mol. The Morgan fingerprint density at radius 1 is 1.44 bits per heavy atom. The lowest BCUT2D eigenvalue weighted by atomic mass is 10.1.